The molecule has 0 bridgehead atoms. The number of hydrogen-bond donors (Lipinski definition) is 1. The number of benzene rings is 1. The van der Waals surface area contributed by atoms with Crippen molar-refractivity contribution in [2.75, 3.05) is 0 Å². The van der Waals surface area contributed by atoms with E-state index >= 15 is 0 Å². The summed E-state index contributed by atoms with van der Waals surface area (Å²) in [6, 6.07) is 11.1. The van der Waals surface area contributed by atoms with E-state index in [9.17, 15) is 0 Å². The monoisotopic (exact) mass is 227 g/mol. The predicted octanol–water partition coefficient (Wildman–Crippen LogP) is 4.93. The lowest BCUT2D eigenvalue weighted by Crippen LogP contribution is -1.95. The molecule has 0 saturated carbocycles. The average molecular weight is 227 g/mol. The van der Waals surface area contributed by atoms with Crippen molar-refractivity contribution < 1.29 is 0 Å². The Kier molecular flexibility index (Phi) is 3.37. The third kappa shape index (κ3) is 2.60. The third-order valence-corrected chi connectivity index (χ3v) is 3.22. The summed E-state index contributed by atoms with van der Waals surface area (Å²) in [5.74, 6) is 1.14. The number of aromatic amines is 1. The van der Waals surface area contributed by atoms with Crippen molar-refractivity contribution in [2.45, 2.75) is 39.5 Å². The summed E-state index contributed by atoms with van der Waals surface area (Å²) >= 11 is 0. The lowest BCUT2D eigenvalue weighted by Gasteiger charge is -2.13. The fourth-order valence-corrected chi connectivity index (χ4v) is 2.01. The Morgan fingerprint density at radius 2 is 1.47 bits per heavy atom. The van der Waals surface area contributed by atoms with Gasteiger partial charge in [0.25, 0.3) is 0 Å². The van der Waals surface area contributed by atoms with E-state index in [1.165, 1.54) is 22.4 Å². The Balaban J connectivity index is 2.52. The van der Waals surface area contributed by atoms with Gasteiger partial charge in [-0.3, -0.25) is 0 Å². The molecule has 0 atom stereocenters. The highest BCUT2D eigenvalue weighted by molar-refractivity contribution is 5.62. The van der Waals surface area contributed by atoms with Crippen LogP contribution in [-0.2, 0) is 0 Å². The van der Waals surface area contributed by atoms with Crippen LogP contribution in [-0.4, -0.2) is 4.98 Å². The molecule has 1 nitrogen and oxygen atoms in total. The molecular formula is C16H21N. The quantitative estimate of drug-likeness (QED) is 0.765. The minimum atomic E-state index is 0.572. The Morgan fingerprint density at radius 3 is 1.88 bits per heavy atom. The van der Waals surface area contributed by atoms with E-state index in [0.29, 0.717) is 11.8 Å². The molecular weight excluding hydrogens is 206 g/mol. The van der Waals surface area contributed by atoms with Crippen molar-refractivity contribution in [1.82, 2.24) is 4.98 Å². The van der Waals surface area contributed by atoms with Crippen molar-refractivity contribution >= 4 is 0 Å². The summed E-state index contributed by atoms with van der Waals surface area (Å²) in [6.45, 7) is 8.99. The number of nitrogens with one attached hydrogen (secondary N) is 1. The van der Waals surface area contributed by atoms with Crippen molar-refractivity contribution in [3.8, 4) is 11.3 Å². The fourth-order valence-electron chi connectivity index (χ4n) is 2.01. The number of hydrogen-bond acceptors (Lipinski definition) is 0. The van der Waals surface area contributed by atoms with Crippen LogP contribution < -0.4 is 0 Å². The smallest absolute Gasteiger partial charge is 0.0454 e. The zero-order valence-corrected chi connectivity index (χ0v) is 11.1. The molecule has 0 aliphatic carbocycles. The lowest BCUT2D eigenvalue weighted by molar-refractivity contribution is 0.834. The van der Waals surface area contributed by atoms with Gasteiger partial charge >= 0.3 is 0 Å². The van der Waals surface area contributed by atoms with E-state index in [1.807, 2.05) is 12.3 Å². The molecule has 0 aliphatic rings. The van der Waals surface area contributed by atoms with E-state index in [2.05, 4.69) is 56.9 Å². The molecule has 0 aliphatic heterocycles. The molecule has 0 saturated heterocycles. The predicted molar refractivity (Wildman–Crippen MR) is 74.4 cm³/mol. The molecule has 2 rings (SSSR count). The SMILES string of the molecule is CC(C)c1cc(-c2ccc[nH]2)cc(C(C)C)c1. The molecule has 1 aromatic carbocycles. The Hall–Kier alpha value is -1.50. The minimum absolute atomic E-state index is 0.572. The van der Waals surface area contributed by atoms with Crippen LogP contribution in [0.15, 0.2) is 36.5 Å². The van der Waals surface area contributed by atoms with Gasteiger partial charge in [0.2, 0.25) is 0 Å². The summed E-state index contributed by atoms with van der Waals surface area (Å²) in [5.41, 5.74) is 5.33. The van der Waals surface area contributed by atoms with Crippen LogP contribution >= 0.6 is 0 Å². The van der Waals surface area contributed by atoms with Gasteiger partial charge in [0, 0.05) is 11.9 Å². The highest BCUT2D eigenvalue weighted by Gasteiger charge is 2.08. The largest absolute Gasteiger partial charge is 0.361 e. The van der Waals surface area contributed by atoms with Crippen LogP contribution in [0.2, 0.25) is 0 Å². The Bertz CT molecular complexity index is 452. The molecule has 17 heavy (non-hydrogen) atoms. The normalized spacial score (nSPS) is 11.4. The Morgan fingerprint density at radius 1 is 0.882 bits per heavy atom. The first kappa shape index (κ1) is 12.0. The molecule has 0 amide bonds. The van der Waals surface area contributed by atoms with Crippen LogP contribution in [0.1, 0.15) is 50.7 Å². The van der Waals surface area contributed by atoms with E-state index in [-0.39, 0.29) is 0 Å². The molecule has 1 heteroatoms. The van der Waals surface area contributed by atoms with Gasteiger partial charge in [0.1, 0.15) is 0 Å². The van der Waals surface area contributed by atoms with Crippen LogP contribution in [0.5, 0.6) is 0 Å². The van der Waals surface area contributed by atoms with E-state index < -0.39 is 0 Å². The van der Waals surface area contributed by atoms with Crippen LogP contribution in [0.25, 0.3) is 11.3 Å². The summed E-state index contributed by atoms with van der Waals surface area (Å²) in [7, 11) is 0. The molecule has 1 heterocycles. The van der Waals surface area contributed by atoms with Gasteiger partial charge in [-0.1, -0.05) is 33.8 Å². The lowest BCUT2D eigenvalue weighted by atomic mass is 9.92. The van der Waals surface area contributed by atoms with E-state index in [0.717, 1.165) is 0 Å². The van der Waals surface area contributed by atoms with Gasteiger partial charge in [-0.2, -0.15) is 0 Å². The topological polar surface area (TPSA) is 15.8 Å². The second-order valence-corrected chi connectivity index (χ2v) is 5.28. The van der Waals surface area contributed by atoms with Gasteiger partial charge in [-0.05, 0) is 52.8 Å². The van der Waals surface area contributed by atoms with Crippen LogP contribution in [0, 0.1) is 0 Å². The zero-order chi connectivity index (χ0) is 12.4. The van der Waals surface area contributed by atoms with Gasteiger partial charge in [-0.25, -0.2) is 0 Å². The van der Waals surface area contributed by atoms with Gasteiger partial charge < -0.3 is 4.98 Å². The molecule has 0 spiro atoms. The van der Waals surface area contributed by atoms with Crippen molar-refractivity contribution in [3.63, 3.8) is 0 Å². The summed E-state index contributed by atoms with van der Waals surface area (Å²) in [5, 5.41) is 0. The molecule has 0 fully saturated rings. The zero-order valence-electron chi connectivity index (χ0n) is 11.1. The Labute approximate surface area is 104 Å². The van der Waals surface area contributed by atoms with Crippen molar-refractivity contribution in [2.24, 2.45) is 0 Å². The molecule has 90 valence electrons. The first-order valence-corrected chi connectivity index (χ1v) is 6.36. The second-order valence-electron chi connectivity index (χ2n) is 5.28. The maximum atomic E-state index is 3.29. The molecule has 0 unspecified atom stereocenters. The first-order valence-electron chi connectivity index (χ1n) is 6.36. The standard InChI is InChI=1S/C16H21N/c1-11(2)13-8-14(12(3)4)10-15(9-13)16-6-5-7-17-16/h5-12,17H,1-4H3. The van der Waals surface area contributed by atoms with Crippen LogP contribution in [0.3, 0.4) is 0 Å². The second kappa shape index (κ2) is 4.79. The summed E-state index contributed by atoms with van der Waals surface area (Å²) in [4.78, 5) is 3.29. The summed E-state index contributed by atoms with van der Waals surface area (Å²) < 4.78 is 0. The first-order chi connectivity index (χ1) is 8.08. The number of rotatable bonds is 3. The minimum Gasteiger partial charge on any atom is -0.361 e. The maximum absolute atomic E-state index is 3.29. The number of H-pyrrole nitrogens is 1. The highest BCUT2D eigenvalue weighted by atomic mass is 14.7. The molecule has 2 aromatic rings. The van der Waals surface area contributed by atoms with E-state index in [4.69, 9.17) is 0 Å². The maximum Gasteiger partial charge on any atom is 0.0454 e. The van der Waals surface area contributed by atoms with Crippen molar-refractivity contribution in [3.05, 3.63) is 47.7 Å². The number of aromatic nitrogens is 1. The van der Waals surface area contributed by atoms with Crippen molar-refractivity contribution in [1.29, 1.82) is 0 Å². The fraction of sp³-hybridized carbons (Fsp3) is 0.375. The molecule has 1 aromatic heterocycles. The van der Waals surface area contributed by atoms with Gasteiger partial charge in [0.15, 0.2) is 0 Å². The highest BCUT2D eigenvalue weighted by Crippen LogP contribution is 2.28. The third-order valence-electron chi connectivity index (χ3n) is 3.22. The van der Waals surface area contributed by atoms with Crippen LogP contribution in [0.4, 0.5) is 0 Å². The van der Waals surface area contributed by atoms with Gasteiger partial charge in [-0.15, -0.1) is 0 Å². The average Bonchev–Trinajstić information content (AvgIpc) is 2.81. The van der Waals surface area contributed by atoms with Gasteiger partial charge in [0.05, 0.1) is 0 Å². The summed E-state index contributed by atoms with van der Waals surface area (Å²) in [6.07, 6.45) is 1.98. The molecule has 0 radical (unpaired) electrons. The van der Waals surface area contributed by atoms with E-state index in [1.54, 1.807) is 0 Å². The molecule has 1 N–H and O–H groups in total.